The quantitative estimate of drug-likeness (QED) is 0.697. The maximum Gasteiger partial charge on any atom is 0.287 e. The molecule has 1 atom stereocenters. The highest BCUT2D eigenvalue weighted by Gasteiger charge is 2.44. The van der Waals surface area contributed by atoms with E-state index in [-0.39, 0.29) is 30.2 Å². The Kier molecular flexibility index (Phi) is 3.94. The topological polar surface area (TPSA) is 62.1 Å². The van der Waals surface area contributed by atoms with Crippen molar-refractivity contribution in [2.45, 2.75) is 12.5 Å². The third-order valence-electron chi connectivity index (χ3n) is 4.59. The first-order valence-corrected chi connectivity index (χ1v) is 7.57. The van der Waals surface area contributed by atoms with Gasteiger partial charge < -0.3 is 9.80 Å². The number of imide groups is 1. The third-order valence-corrected chi connectivity index (χ3v) is 4.59. The molecule has 0 spiro atoms. The Bertz CT molecular complexity index is 594. The van der Waals surface area contributed by atoms with Crippen LogP contribution in [0.25, 0.3) is 0 Å². The van der Waals surface area contributed by atoms with E-state index in [2.05, 4.69) is 0 Å². The summed E-state index contributed by atoms with van der Waals surface area (Å²) in [5.41, 5.74) is 0.692. The first kappa shape index (κ1) is 14.7. The molecule has 0 bridgehead atoms. The number of piperazine rings is 1. The molecule has 0 radical (unpaired) electrons. The van der Waals surface area contributed by atoms with E-state index >= 15 is 0 Å². The van der Waals surface area contributed by atoms with Crippen LogP contribution < -0.4 is 4.90 Å². The highest BCUT2D eigenvalue weighted by Crippen LogP contribution is 2.09. The van der Waals surface area contributed by atoms with Crippen LogP contribution >= 0.6 is 0 Å². The summed E-state index contributed by atoms with van der Waals surface area (Å²) in [4.78, 5) is 40.2. The largest absolute Gasteiger partial charge is 0.327 e. The smallest absolute Gasteiger partial charge is 0.287 e. The normalized spacial score (nSPS) is 23.2. The van der Waals surface area contributed by atoms with Crippen molar-refractivity contribution in [1.82, 2.24) is 9.80 Å². The summed E-state index contributed by atoms with van der Waals surface area (Å²) < 4.78 is 0. The van der Waals surface area contributed by atoms with Crippen molar-refractivity contribution in [3.8, 4) is 0 Å². The molecule has 2 aliphatic rings. The number of nitrogens with one attached hydrogen (secondary N) is 1. The van der Waals surface area contributed by atoms with E-state index < -0.39 is 0 Å². The molecule has 2 heterocycles. The molecule has 116 valence electrons. The molecule has 2 saturated heterocycles. The summed E-state index contributed by atoms with van der Waals surface area (Å²) >= 11 is 0. The predicted molar refractivity (Wildman–Crippen MR) is 79.2 cm³/mol. The molecule has 0 aliphatic carbocycles. The van der Waals surface area contributed by atoms with Gasteiger partial charge in [0, 0.05) is 12.6 Å². The van der Waals surface area contributed by atoms with Crippen molar-refractivity contribution in [3.05, 3.63) is 35.9 Å². The van der Waals surface area contributed by atoms with Crippen LogP contribution in [0, 0.1) is 0 Å². The number of likely N-dealkylation sites (tertiary alicyclic amines) is 1. The number of amides is 3. The average Bonchev–Trinajstić information content (AvgIpc) is 2.83. The Morgan fingerprint density at radius 2 is 1.77 bits per heavy atom. The first-order valence-electron chi connectivity index (χ1n) is 7.57. The molecule has 0 aromatic heterocycles. The van der Waals surface area contributed by atoms with E-state index in [9.17, 15) is 14.4 Å². The molecule has 3 rings (SSSR count). The molecule has 1 aromatic rings. The van der Waals surface area contributed by atoms with Gasteiger partial charge in [0.2, 0.25) is 5.91 Å². The minimum absolute atomic E-state index is 0.0330. The molecule has 22 heavy (non-hydrogen) atoms. The molecule has 1 aromatic carbocycles. The number of carbonyl (C=O) groups is 3. The SMILES string of the molecule is CN1C(=O)CC([NH+]2CCN(C(=O)c3ccccc3)CC2)C1=O. The van der Waals surface area contributed by atoms with Gasteiger partial charge in [0.25, 0.3) is 11.8 Å². The molecular formula is C16H20N3O3+. The fourth-order valence-electron chi connectivity index (χ4n) is 3.18. The van der Waals surface area contributed by atoms with Gasteiger partial charge in [-0.1, -0.05) is 18.2 Å². The van der Waals surface area contributed by atoms with Gasteiger partial charge in [-0.3, -0.25) is 19.3 Å². The third kappa shape index (κ3) is 2.62. The van der Waals surface area contributed by atoms with Gasteiger partial charge in [-0.15, -0.1) is 0 Å². The van der Waals surface area contributed by atoms with Crippen molar-refractivity contribution in [2.75, 3.05) is 33.2 Å². The fourth-order valence-corrected chi connectivity index (χ4v) is 3.18. The standard InChI is InChI=1S/C16H19N3O3/c1-17-14(20)11-13(16(17)22)18-7-9-19(10-8-18)15(21)12-5-3-2-4-6-12/h2-6,13H,7-11H2,1H3/p+1. The fraction of sp³-hybridized carbons (Fsp3) is 0.438. The van der Waals surface area contributed by atoms with Crippen LogP contribution in [0.15, 0.2) is 30.3 Å². The van der Waals surface area contributed by atoms with Gasteiger partial charge in [0.15, 0.2) is 6.04 Å². The summed E-state index contributed by atoms with van der Waals surface area (Å²) in [6.07, 6.45) is 0.289. The summed E-state index contributed by atoms with van der Waals surface area (Å²) in [6.45, 7) is 2.64. The number of likely N-dealkylation sites (N-methyl/N-ethyl adjacent to an activating group) is 1. The Balaban J connectivity index is 1.60. The predicted octanol–water partition coefficient (Wildman–Crippen LogP) is -1.22. The number of rotatable bonds is 2. The summed E-state index contributed by atoms with van der Waals surface area (Å²) in [5.74, 6) is -0.168. The second-order valence-electron chi connectivity index (χ2n) is 5.86. The van der Waals surface area contributed by atoms with Gasteiger partial charge in [-0.2, -0.15) is 0 Å². The van der Waals surface area contributed by atoms with Gasteiger partial charge in [-0.25, -0.2) is 0 Å². The van der Waals surface area contributed by atoms with E-state index in [0.717, 1.165) is 4.90 Å². The molecule has 1 N–H and O–H groups in total. The van der Waals surface area contributed by atoms with E-state index in [1.54, 1.807) is 7.05 Å². The van der Waals surface area contributed by atoms with Crippen molar-refractivity contribution in [1.29, 1.82) is 0 Å². The summed E-state index contributed by atoms with van der Waals surface area (Å²) in [5, 5.41) is 0. The number of benzene rings is 1. The van der Waals surface area contributed by atoms with Crippen LogP contribution in [0.2, 0.25) is 0 Å². The van der Waals surface area contributed by atoms with Crippen LogP contribution in [-0.2, 0) is 9.59 Å². The number of quaternary nitrogens is 1. The van der Waals surface area contributed by atoms with Gasteiger partial charge in [0.05, 0.1) is 32.6 Å². The van der Waals surface area contributed by atoms with Crippen molar-refractivity contribution in [3.63, 3.8) is 0 Å². The Labute approximate surface area is 129 Å². The molecule has 2 fully saturated rings. The second-order valence-corrected chi connectivity index (χ2v) is 5.86. The first-order chi connectivity index (χ1) is 10.6. The van der Waals surface area contributed by atoms with Crippen LogP contribution in [0.3, 0.4) is 0 Å². The summed E-state index contributed by atoms with van der Waals surface area (Å²) in [6, 6.07) is 8.95. The maximum atomic E-state index is 12.4. The Hall–Kier alpha value is -2.21. The zero-order valence-corrected chi connectivity index (χ0v) is 12.6. The van der Waals surface area contributed by atoms with E-state index in [1.165, 1.54) is 4.90 Å². The average molecular weight is 302 g/mol. The van der Waals surface area contributed by atoms with Crippen molar-refractivity contribution >= 4 is 17.7 Å². The highest BCUT2D eigenvalue weighted by atomic mass is 16.2. The second kappa shape index (κ2) is 5.88. The Morgan fingerprint density at radius 1 is 1.14 bits per heavy atom. The van der Waals surface area contributed by atoms with Crippen LogP contribution in [0.4, 0.5) is 0 Å². The van der Waals surface area contributed by atoms with Gasteiger partial charge in [0.1, 0.15) is 0 Å². The molecule has 6 heteroatoms. The molecule has 3 amide bonds. The van der Waals surface area contributed by atoms with E-state index in [0.29, 0.717) is 31.7 Å². The van der Waals surface area contributed by atoms with Crippen LogP contribution in [-0.4, -0.2) is 66.8 Å². The minimum Gasteiger partial charge on any atom is -0.327 e. The lowest BCUT2D eigenvalue weighted by atomic mass is 10.1. The van der Waals surface area contributed by atoms with Gasteiger partial charge >= 0.3 is 0 Å². The van der Waals surface area contributed by atoms with Crippen molar-refractivity contribution in [2.24, 2.45) is 0 Å². The highest BCUT2D eigenvalue weighted by molar-refractivity contribution is 6.04. The minimum atomic E-state index is -0.272. The van der Waals surface area contributed by atoms with Crippen LogP contribution in [0.1, 0.15) is 16.8 Å². The Morgan fingerprint density at radius 3 is 2.32 bits per heavy atom. The van der Waals surface area contributed by atoms with Crippen molar-refractivity contribution < 1.29 is 19.3 Å². The van der Waals surface area contributed by atoms with Crippen LogP contribution in [0.5, 0.6) is 0 Å². The number of nitrogens with zero attached hydrogens (tertiary/aromatic N) is 2. The number of hydrogen-bond donors (Lipinski definition) is 1. The molecule has 2 aliphatic heterocycles. The molecule has 6 nitrogen and oxygen atoms in total. The molecule has 1 unspecified atom stereocenters. The zero-order valence-electron chi connectivity index (χ0n) is 12.6. The number of carbonyl (C=O) groups excluding carboxylic acids is 3. The lowest BCUT2D eigenvalue weighted by molar-refractivity contribution is -0.918. The monoisotopic (exact) mass is 302 g/mol. The number of hydrogen-bond acceptors (Lipinski definition) is 3. The molecular weight excluding hydrogens is 282 g/mol. The van der Waals surface area contributed by atoms with E-state index in [4.69, 9.17) is 0 Å². The maximum absolute atomic E-state index is 12.4. The lowest BCUT2D eigenvalue weighted by Gasteiger charge is -2.34. The summed E-state index contributed by atoms with van der Waals surface area (Å²) in [7, 11) is 1.54. The van der Waals surface area contributed by atoms with Gasteiger partial charge in [-0.05, 0) is 12.1 Å². The van der Waals surface area contributed by atoms with E-state index in [1.807, 2.05) is 35.2 Å². The zero-order chi connectivity index (χ0) is 15.7. The molecule has 0 saturated carbocycles. The lowest BCUT2D eigenvalue weighted by Crippen LogP contribution is -3.19.